The highest BCUT2D eigenvalue weighted by Crippen LogP contribution is 2.02. The molecule has 0 aromatic rings. The van der Waals surface area contributed by atoms with Crippen LogP contribution in [0, 0.1) is 0 Å². The van der Waals surface area contributed by atoms with Gasteiger partial charge in [0.25, 0.3) is 5.91 Å². The minimum absolute atomic E-state index is 0.0583. The predicted molar refractivity (Wildman–Crippen MR) is 82.6 cm³/mol. The van der Waals surface area contributed by atoms with Crippen LogP contribution in [-0.2, 0) is 9.59 Å². The molecule has 7 heteroatoms. The number of hydrogen-bond donors (Lipinski definition) is 2. The molecule has 7 nitrogen and oxygen atoms in total. The Morgan fingerprint density at radius 3 is 2.48 bits per heavy atom. The smallest absolute Gasteiger partial charge is 0.284 e. The van der Waals surface area contributed by atoms with Crippen molar-refractivity contribution < 1.29 is 9.59 Å². The van der Waals surface area contributed by atoms with Crippen molar-refractivity contribution in [1.29, 1.82) is 0 Å². The van der Waals surface area contributed by atoms with E-state index < -0.39 is 0 Å². The molecule has 0 bridgehead atoms. The molecule has 0 fully saturated rings. The normalized spacial score (nSPS) is 15.9. The third-order valence-corrected chi connectivity index (χ3v) is 3.66. The van der Waals surface area contributed by atoms with Crippen LogP contribution in [0.5, 0.6) is 0 Å². The van der Waals surface area contributed by atoms with Gasteiger partial charge < -0.3 is 4.90 Å². The van der Waals surface area contributed by atoms with E-state index in [4.69, 9.17) is 0 Å². The van der Waals surface area contributed by atoms with Crippen LogP contribution in [0.4, 0.5) is 0 Å². The minimum atomic E-state index is -0.231. The molecule has 2 amide bonds. The van der Waals surface area contributed by atoms with Gasteiger partial charge in [-0.15, -0.1) is 0 Å². The fraction of sp³-hybridized carbons (Fsp3) is 0.786. The summed E-state index contributed by atoms with van der Waals surface area (Å²) in [4.78, 5) is 25.9. The third kappa shape index (κ3) is 5.43. The van der Waals surface area contributed by atoms with Gasteiger partial charge in [0.05, 0.1) is 13.0 Å². The Hall–Kier alpha value is -1.47. The van der Waals surface area contributed by atoms with E-state index in [1.165, 1.54) is 0 Å². The van der Waals surface area contributed by atoms with Crippen LogP contribution in [0.1, 0.15) is 40.5 Å². The first-order chi connectivity index (χ1) is 10.0. The average molecular weight is 297 g/mol. The second-order valence-corrected chi connectivity index (χ2v) is 5.19. The predicted octanol–water partition coefficient (Wildman–Crippen LogP) is 0.336. The molecule has 1 aliphatic heterocycles. The molecule has 1 rings (SSSR count). The highest BCUT2D eigenvalue weighted by atomic mass is 16.2. The van der Waals surface area contributed by atoms with Gasteiger partial charge in [0, 0.05) is 12.6 Å². The monoisotopic (exact) mass is 297 g/mol. The molecule has 0 radical (unpaired) electrons. The lowest BCUT2D eigenvalue weighted by Crippen LogP contribution is -2.52. The molecule has 1 aliphatic rings. The highest BCUT2D eigenvalue weighted by molar-refractivity contribution is 6.42. The zero-order valence-electron chi connectivity index (χ0n) is 13.5. The topological polar surface area (TPSA) is 77.0 Å². The second kappa shape index (κ2) is 8.74. The molecular formula is C14H27N5O2. The molecule has 1 atom stereocenters. The summed E-state index contributed by atoms with van der Waals surface area (Å²) in [6.45, 7) is 11.5. The summed E-state index contributed by atoms with van der Waals surface area (Å²) in [5.74, 6) is -0.452. The van der Waals surface area contributed by atoms with Crippen molar-refractivity contribution in [2.24, 2.45) is 5.10 Å². The van der Waals surface area contributed by atoms with E-state index in [0.29, 0.717) is 6.54 Å². The summed E-state index contributed by atoms with van der Waals surface area (Å²) >= 11 is 0. The van der Waals surface area contributed by atoms with Crippen molar-refractivity contribution in [3.05, 3.63) is 0 Å². The number of likely N-dealkylation sites (N-methyl/N-ethyl adjacent to an activating group) is 1. The Bertz CT molecular complexity index is 393. The summed E-state index contributed by atoms with van der Waals surface area (Å²) in [5, 5.41) is 5.40. The number of carbonyl (C=O) groups excluding carboxylic acids is 2. The molecule has 0 aliphatic carbocycles. The number of nitrogens with one attached hydrogen (secondary N) is 2. The molecule has 0 spiro atoms. The van der Waals surface area contributed by atoms with Gasteiger partial charge in [-0.3, -0.25) is 14.6 Å². The first kappa shape index (κ1) is 17.6. The molecule has 21 heavy (non-hydrogen) atoms. The Morgan fingerprint density at radius 1 is 1.33 bits per heavy atom. The van der Waals surface area contributed by atoms with Crippen LogP contribution in [-0.4, -0.2) is 59.7 Å². The van der Waals surface area contributed by atoms with Crippen LogP contribution >= 0.6 is 0 Å². The van der Waals surface area contributed by atoms with E-state index in [0.717, 1.165) is 26.1 Å². The van der Waals surface area contributed by atoms with Gasteiger partial charge in [-0.1, -0.05) is 20.8 Å². The Labute approximate surface area is 126 Å². The lowest BCUT2D eigenvalue weighted by Gasteiger charge is -2.29. The van der Waals surface area contributed by atoms with Gasteiger partial charge in [0.2, 0.25) is 5.91 Å². The van der Waals surface area contributed by atoms with Gasteiger partial charge in [-0.05, 0) is 26.4 Å². The molecule has 0 unspecified atom stereocenters. The summed E-state index contributed by atoms with van der Waals surface area (Å²) in [6.07, 6.45) is 0.974. The number of nitrogens with zero attached hydrogens (tertiary/aromatic N) is 3. The number of hydrazine groups is 1. The quantitative estimate of drug-likeness (QED) is 0.602. The van der Waals surface area contributed by atoms with E-state index in [-0.39, 0.29) is 30.0 Å². The van der Waals surface area contributed by atoms with Crippen LogP contribution in [0.25, 0.3) is 0 Å². The number of hydrogen-bond acceptors (Lipinski definition) is 5. The summed E-state index contributed by atoms with van der Waals surface area (Å²) in [5.41, 5.74) is 5.80. The zero-order valence-corrected chi connectivity index (χ0v) is 13.5. The molecule has 0 aromatic heterocycles. The van der Waals surface area contributed by atoms with Crippen LogP contribution in [0.15, 0.2) is 5.10 Å². The van der Waals surface area contributed by atoms with E-state index in [9.17, 15) is 9.59 Å². The van der Waals surface area contributed by atoms with Crippen molar-refractivity contribution in [2.45, 2.75) is 46.6 Å². The van der Waals surface area contributed by atoms with E-state index in [2.05, 4.69) is 41.6 Å². The molecular weight excluding hydrogens is 270 g/mol. The fourth-order valence-corrected chi connectivity index (χ4v) is 2.00. The largest absolute Gasteiger partial charge is 0.302 e. The summed E-state index contributed by atoms with van der Waals surface area (Å²) < 4.78 is 0. The van der Waals surface area contributed by atoms with Gasteiger partial charge in [-0.25, -0.2) is 10.9 Å². The maximum absolute atomic E-state index is 12.5. The van der Waals surface area contributed by atoms with Crippen molar-refractivity contribution in [3.8, 4) is 0 Å². The van der Waals surface area contributed by atoms with E-state index >= 15 is 0 Å². The molecule has 1 heterocycles. The summed E-state index contributed by atoms with van der Waals surface area (Å²) in [7, 11) is 0. The average Bonchev–Trinajstić information content (AvgIpc) is 2.92. The molecule has 0 saturated heterocycles. The maximum atomic E-state index is 12.5. The zero-order chi connectivity index (χ0) is 15.8. The van der Waals surface area contributed by atoms with Gasteiger partial charge in [0.15, 0.2) is 0 Å². The third-order valence-electron chi connectivity index (χ3n) is 3.66. The molecule has 2 N–H and O–H groups in total. The van der Waals surface area contributed by atoms with Crippen molar-refractivity contribution in [3.63, 3.8) is 0 Å². The Morgan fingerprint density at radius 2 is 2.00 bits per heavy atom. The first-order valence-electron chi connectivity index (χ1n) is 7.67. The Balaban J connectivity index is 2.67. The van der Waals surface area contributed by atoms with E-state index in [1.807, 2.05) is 6.92 Å². The van der Waals surface area contributed by atoms with Gasteiger partial charge in [0.1, 0.15) is 5.71 Å². The number of hydrazone groups is 1. The molecule has 0 saturated carbocycles. The fourth-order valence-electron chi connectivity index (χ4n) is 2.00. The van der Waals surface area contributed by atoms with Crippen molar-refractivity contribution in [1.82, 2.24) is 20.8 Å². The van der Waals surface area contributed by atoms with Gasteiger partial charge >= 0.3 is 0 Å². The highest BCUT2D eigenvalue weighted by Gasteiger charge is 2.27. The number of amides is 2. The molecule has 0 aromatic carbocycles. The number of carbonyl (C=O) groups is 2. The van der Waals surface area contributed by atoms with Crippen molar-refractivity contribution in [2.75, 3.05) is 26.2 Å². The van der Waals surface area contributed by atoms with Gasteiger partial charge in [-0.2, -0.15) is 5.10 Å². The SMILES string of the molecule is CC[C@H](C)NN(CCN(CC)CC)C(=O)C1=NNC(=O)C1. The first-order valence-corrected chi connectivity index (χ1v) is 7.67. The van der Waals surface area contributed by atoms with Crippen molar-refractivity contribution >= 4 is 17.5 Å². The van der Waals surface area contributed by atoms with E-state index in [1.54, 1.807) is 5.01 Å². The molecule has 120 valence electrons. The lowest BCUT2D eigenvalue weighted by molar-refractivity contribution is -0.128. The number of rotatable bonds is 9. The second-order valence-electron chi connectivity index (χ2n) is 5.19. The van der Waals surface area contributed by atoms with Crippen LogP contribution in [0.3, 0.4) is 0 Å². The summed E-state index contributed by atoms with van der Waals surface area (Å²) in [6, 6.07) is 0.191. The maximum Gasteiger partial charge on any atom is 0.284 e. The van der Waals surface area contributed by atoms with Crippen LogP contribution < -0.4 is 10.9 Å². The minimum Gasteiger partial charge on any atom is -0.302 e. The van der Waals surface area contributed by atoms with Crippen LogP contribution in [0.2, 0.25) is 0 Å². The standard InChI is InChI=1S/C14H27N5O2/c1-5-11(4)17-19(9-8-18(6-2)7-3)14(21)12-10-13(20)16-15-12/h11,17H,5-10H2,1-4H3,(H,16,20)/t11-/m0/s1. The lowest BCUT2D eigenvalue weighted by atomic mass is 10.2. The Kier molecular flexibility index (Phi) is 7.31.